The third-order valence-electron chi connectivity index (χ3n) is 4.11. The van der Waals surface area contributed by atoms with Crippen LogP contribution in [0.1, 0.15) is 22.8 Å². The molecule has 0 radical (unpaired) electrons. The van der Waals surface area contributed by atoms with Gasteiger partial charge < -0.3 is 10.5 Å². The van der Waals surface area contributed by atoms with Crippen LogP contribution in [0, 0.1) is 0 Å². The lowest BCUT2D eigenvalue weighted by molar-refractivity contribution is 0.414. The topological polar surface area (TPSA) is 91.2 Å². The molecule has 4 aromatic rings. The zero-order valence-electron chi connectivity index (χ0n) is 14.3. The summed E-state index contributed by atoms with van der Waals surface area (Å²) in [4.78, 5) is 13.1. The molecular formula is C19H18N6O. The molecule has 3 heterocycles. The summed E-state index contributed by atoms with van der Waals surface area (Å²) in [5.74, 6) is 1.86. The third kappa shape index (κ3) is 3.19. The predicted molar refractivity (Wildman–Crippen MR) is 98.0 cm³/mol. The first kappa shape index (κ1) is 16.0. The second-order valence-corrected chi connectivity index (χ2v) is 5.92. The van der Waals surface area contributed by atoms with Crippen LogP contribution >= 0.6 is 0 Å². The predicted octanol–water partition coefficient (Wildman–Crippen LogP) is 2.29. The van der Waals surface area contributed by atoms with E-state index in [9.17, 15) is 0 Å². The molecule has 130 valence electrons. The molecule has 0 saturated carbocycles. The van der Waals surface area contributed by atoms with Gasteiger partial charge in [0.1, 0.15) is 5.75 Å². The molecule has 0 unspecified atom stereocenters. The number of hydrogen-bond donors (Lipinski definition) is 1. The van der Waals surface area contributed by atoms with E-state index in [1.165, 1.54) is 0 Å². The van der Waals surface area contributed by atoms with Gasteiger partial charge in [0.2, 0.25) is 0 Å². The maximum absolute atomic E-state index is 6.00. The van der Waals surface area contributed by atoms with E-state index < -0.39 is 0 Å². The van der Waals surface area contributed by atoms with Gasteiger partial charge in [0.05, 0.1) is 25.4 Å². The van der Waals surface area contributed by atoms with Gasteiger partial charge in [-0.05, 0) is 29.8 Å². The highest BCUT2D eigenvalue weighted by atomic mass is 16.5. The zero-order valence-corrected chi connectivity index (χ0v) is 14.3. The van der Waals surface area contributed by atoms with Crippen LogP contribution < -0.4 is 10.5 Å². The molecule has 4 rings (SSSR count). The summed E-state index contributed by atoms with van der Waals surface area (Å²) >= 11 is 0. The van der Waals surface area contributed by atoms with Crippen LogP contribution in [-0.4, -0.2) is 31.7 Å². The quantitative estimate of drug-likeness (QED) is 0.596. The van der Waals surface area contributed by atoms with Gasteiger partial charge in [-0.1, -0.05) is 18.2 Å². The molecule has 0 aliphatic carbocycles. The molecule has 7 heteroatoms. The summed E-state index contributed by atoms with van der Waals surface area (Å²) in [6, 6.07) is 13.7. The van der Waals surface area contributed by atoms with Crippen LogP contribution in [0.5, 0.6) is 5.75 Å². The Balaban J connectivity index is 1.67. The third-order valence-corrected chi connectivity index (χ3v) is 4.11. The number of rotatable bonds is 5. The molecule has 0 saturated heterocycles. The Morgan fingerprint density at radius 3 is 2.62 bits per heavy atom. The van der Waals surface area contributed by atoms with Crippen molar-refractivity contribution in [3.8, 4) is 5.75 Å². The van der Waals surface area contributed by atoms with E-state index in [1.54, 1.807) is 24.0 Å². The second-order valence-electron chi connectivity index (χ2n) is 5.92. The smallest absolute Gasteiger partial charge is 0.198 e. The molecule has 2 N–H and O–H groups in total. The Bertz CT molecular complexity index is 1030. The second kappa shape index (κ2) is 6.79. The summed E-state index contributed by atoms with van der Waals surface area (Å²) in [5.41, 5.74) is 9.52. The van der Waals surface area contributed by atoms with Gasteiger partial charge in [0.15, 0.2) is 17.3 Å². The SMILES string of the molecule is COc1ccc(Cc2cnc(N)c3nc(Cc4ccccn4)nn23)cc1. The molecule has 0 bridgehead atoms. The number of nitrogens with two attached hydrogens (primary N) is 1. The van der Waals surface area contributed by atoms with Crippen LogP contribution in [0.3, 0.4) is 0 Å². The highest BCUT2D eigenvalue weighted by Gasteiger charge is 2.13. The summed E-state index contributed by atoms with van der Waals surface area (Å²) < 4.78 is 6.97. The number of fused-ring (bicyclic) bond motifs is 1. The molecule has 0 spiro atoms. The van der Waals surface area contributed by atoms with Crippen molar-refractivity contribution < 1.29 is 4.74 Å². The zero-order chi connectivity index (χ0) is 17.9. The lowest BCUT2D eigenvalue weighted by Crippen LogP contribution is -2.05. The molecule has 0 amide bonds. The molecule has 0 aliphatic rings. The molecule has 26 heavy (non-hydrogen) atoms. The number of methoxy groups -OCH3 is 1. The molecule has 3 aromatic heterocycles. The molecule has 1 aromatic carbocycles. The molecule has 0 fully saturated rings. The number of anilines is 1. The fraction of sp³-hybridized carbons (Fsp3) is 0.158. The van der Waals surface area contributed by atoms with Crippen molar-refractivity contribution in [3.63, 3.8) is 0 Å². The Kier molecular flexibility index (Phi) is 4.18. The van der Waals surface area contributed by atoms with E-state index in [-0.39, 0.29) is 0 Å². The van der Waals surface area contributed by atoms with Crippen LogP contribution in [0.2, 0.25) is 0 Å². The van der Waals surface area contributed by atoms with E-state index >= 15 is 0 Å². The first-order valence-electron chi connectivity index (χ1n) is 8.25. The van der Waals surface area contributed by atoms with E-state index in [1.807, 2.05) is 42.5 Å². The fourth-order valence-corrected chi connectivity index (χ4v) is 2.79. The van der Waals surface area contributed by atoms with Crippen molar-refractivity contribution in [1.82, 2.24) is 24.6 Å². The van der Waals surface area contributed by atoms with Crippen molar-refractivity contribution in [1.29, 1.82) is 0 Å². The van der Waals surface area contributed by atoms with Gasteiger partial charge in [0, 0.05) is 18.3 Å². The normalized spacial score (nSPS) is 11.0. The van der Waals surface area contributed by atoms with E-state index in [0.717, 1.165) is 22.7 Å². The summed E-state index contributed by atoms with van der Waals surface area (Å²) in [5, 5.41) is 4.62. The lowest BCUT2D eigenvalue weighted by atomic mass is 10.1. The average Bonchev–Trinajstić information content (AvgIpc) is 3.10. The number of nitrogens with zero attached hydrogens (tertiary/aromatic N) is 5. The highest BCUT2D eigenvalue weighted by molar-refractivity contribution is 5.59. The van der Waals surface area contributed by atoms with Crippen molar-refractivity contribution in [2.75, 3.05) is 12.8 Å². The minimum absolute atomic E-state index is 0.364. The summed E-state index contributed by atoms with van der Waals surface area (Å²) in [7, 11) is 1.65. The standard InChI is InChI=1S/C19H18N6O/c1-26-16-7-5-13(6-8-16)10-15-12-22-18(20)19-23-17(24-25(15)19)11-14-4-2-3-9-21-14/h2-9,12H,10-11H2,1H3,(H2,20,22). The number of hydrogen-bond acceptors (Lipinski definition) is 6. The van der Waals surface area contributed by atoms with Gasteiger partial charge in [0.25, 0.3) is 0 Å². The van der Waals surface area contributed by atoms with Crippen LogP contribution in [-0.2, 0) is 12.8 Å². The fourth-order valence-electron chi connectivity index (χ4n) is 2.79. The van der Waals surface area contributed by atoms with Crippen LogP contribution in [0.25, 0.3) is 5.65 Å². The summed E-state index contributed by atoms with van der Waals surface area (Å²) in [6.07, 6.45) is 4.71. The molecule has 7 nitrogen and oxygen atoms in total. The number of benzene rings is 1. The van der Waals surface area contributed by atoms with Gasteiger partial charge >= 0.3 is 0 Å². The number of aromatic nitrogens is 5. The van der Waals surface area contributed by atoms with E-state index in [4.69, 9.17) is 10.5 Å². The van der Waals surface area contributed by atoms with Crippen LogP contribution in [0.4, 0.5) is 5.82 Å². The lowest BCUT2D eigenvalue weighted by Gasteiger charge is -2.06. The first-order chi connectivity index (χ1) is 12.7. The van der Waals surface area contributed by atoms with Crippen molar-refractivity contribution >= 4 is 11.5 Å². The average molecular weight is 346 g/mol. The van der Waals surface area contributed by atoms with Gasteiger partial charge in [-0.2, -0.15) is 5.10 Å². The largest absolute Gasteiger partial charge is 0.497 e. The Hall–Kier alpha value is -3.48. The van der Waals surface area contributed by atoms with Gasteiger partial charge in [-0.15, -0.1) is 0 Å². The molecule has 0 atom stereocenters. The van der Waals surface area contributed by atoms with E-state index in [0.29, 0.717) is 30.1 Å². The highest BCUT2D eigenvalue weighted by Crippen LogP contribution is 2.17. The summed E-state index contributed by atoms with van der Waals surface area (Å²) in [6.45, 7) is 0. The minimum Gasteiger partial charge on any atom is -0.497 e. The van der Waals surface area contributed by atoms with Gasteiger partial charge in [-0.3, -0.25) is 4.98 Å². The maximum Gasteiger partial charge on any atom is 0.198 e. The monoisotopic (exact) mass is 346 g/mol. The molecule has 0 aliphatic heterocycles. The number of ether oxygens (including phenoxy) is 1. The van der Waals surface area contributed by atoms with E-state index in [2.05, 4.69) is 20.1 Å². The van der Waals surface area contributed by atoms with Crippen LogP contribution in [0.15, 0.2) is 54.9 Å². The van der Waals surface area contributed by atoms with Crippen molar-refractivity contribution in [2.24, 2.45) is 0 Å². The van der Waals surface area contributed by atoms with Crippen molar-refractivity contribution in [2.45, 2.75) is 12.8 Å². The van der Waals surface area contributed by atoms with Gasteiger partial charge in [-0.25, -0.2) is 14.5 Å². The number of pyridine rings is 1. The first-order valence-corrected chi connectivity index (χ1v) is 8.25. The molecular weight excluding hydrogens is 328 g/mol. The maximum atomic E-state index is 6.00. The Labute approximate surface area is 150 Å². The van der Waals surface area contributed by atoms with Crippen molar-refractivity contribution in [3.05, 3.63) is 77.6 Å². The Morgan fingerprint density at radius 1 is 1.04 bits per heavy atom. The Morgan fingerprint density at radius 2 is 1.88 bits per heavy atom. The minimum atomic E-state index is 0.364. The number of nitrogen functional groups attached to an aromatic ring is 1.